The number of benzene rings is 2. The van der Waals surface area contributed by atoms with Gasteiger partial charge in [-0.1, -0.05) is 0 Å². The number of methoxy groups -OCH3 is 1. The molecule has 0 saturated heterocycles. The summed E-state index contributed by atoms with van der Waals surface area (Å²) in [6.07, 6.45) is -4.43. The molecule has 0 spiro atoms. The van der Waals surface area contributed by atoms with Crippen molar-refractivity contribution in [2.45, 2.75) is 6.18 Å². The second-order valence-corrected chi connectivity index (χ2v) is 5.45. The first-order chi connectivity index (χ1) is 12.8. The molecule has 0 aliphatic rings. The highest BCUT2D eigenvalue weighted by Gasteiger charge is 2.30. The minimum Gasteiger partial charge on any atom is -0.497 e. The number of rotatable bonds is 6. The molecule has 144 valence electrons. The van der Waals surface area contributed by atoms with Crippen molar-refractivity contribution in [3.05, 3.63) is 59.7 Å². The van der Waals surface area contributed by atoms with E-state index in [1.165, 1.54) is 0 Å². The number of carbonyl (C=O) groups is 1. The Morgan fingerprint density at radius 2 is 1.74 bits per heavy atom. The first-order valence-electron chi connectivity index (χ1n) is 7.96. The van der Waals surface area contributed by atoms with Crippen molar-refractivity contribution in [2.24, 2.45) is 10.7 Å². The Kier molecular flexibility index (Phi) is 6.64. The zero-order valence-electron chi connectivity index (χ0n) is 14.5. The third kappa shape index (κ3) is 6.21. The highest BCUT2D eigenvalue weighted by molar-refractivity contribution is 5.94. The maximum absolute atomic E-state index is 12.5. The summed E-state index contributed by atoms with van der Waals surface area (Å²) in [5.74, 6) is 0.395. The van der Waals surface area contributed by atoms with Gasteiger partial charge in [-0.3, -0.25) is 9.79 Å². The lowest BCUT2D eigenvalue weighted by molar-refractivity contribution is -0.137. The van der Waals surface area contributed by atoms with Crippen LogP contribution < -0.4 is 21.1 Å². The molecule has 0 saturated carbocycles. The van der Waals surface area contributed by atoms with Crippen molar-refractivity contribution in [1.82, 2.24) is 5.32 Å². The Balaban J connectivity index is 1.79. The van der Waals surface area contributed by atoms with Gasteiger partial charge in [-0.2, -0.15) is 13.2 Å². The fraction of sp³-hybridized carbons (Fsp3) is 0.222. The number of guanidine groups is 1. The maximum Gasteiger partial charge on any atom is 0.416 e. The fourth-order valence-electron chi connectivity index (χ4n) is 2.12. The van der Waals surface area contributed by atoms with E-state index >= 15 is 0 Å². The second-order valence-electron chi connectivity index (χ2n) is 5.45. The molecule has 0 aliphatic carbocycles. The Morgan fingerprint density at radius 1 is 1.11 bits per heavy atom. The molecule has 1 amide bonds. The van der Waals surface area contributed by atoms with Crippen molar-refractivity contribution < 1.29 is 22.7 Å². The molecule has 0 heterocycles. The molecule has 0 radical (unpaired) electrons. The smallest absolute Gasteiger partial charge is 0.416 e. The highest BCUT2D eigenvalue weighted by atomic mass is 19.4. The highest BCUT2D eigenvalue weighted by Crippen LogP contribution is 2.29. The number of carbonyl (C=O) groups excluding carboxylic acids is 1. The van der Waals surface area contributed by atoms with Crippen LogP contribution in [0.25, 0.3) is 0 Å². The number of anilines is 1. The number of nitrogens with one attached hydrogen (secondary N) is 2. The summed E-state index contributed by atoms with van der Waals surface area (Å²) in [5.41, 5.74) is 5.81. The molecule has 0 bridgehead atoms. The van der Waals surface area contributed by atoms with E-state index in [9.17, 15) is 18.0 Å². The van der Waals surface area contributed by atoms with Crippen LogP contribution in [0.5, 0.6) is 5.75 Å². The van der Waals surface area contributed by atoms with Crippen molar-refractivity contribution in [3.8, 4) is 5.75 Å². The van der Waals surface area contributed by atoms with Crippen molar-refractivity contribution >= 4 is 17.6 Å². The molecule has 4 N–H and O–H groups in total. The van der Waals surface area contributed by atoms with Gasteiger partial charge in [-0.25, -0.2) is 0 Å². The Bertz CT molecular complexity index is 788. The number of halogens is 3. The molecule has 6 nitrogen and oxygen atoms in total. The van der Waals surface area contributed by atoms with Crippen molar-refractivity contribution in [3.63, 3.8) is 0 Å². The monoisotopic (exact) mass is 380 g/mol. The average molecular weight is 380 g/mol. The summed E-state index contributed by atoms with van der Waals surface area (Å²) < 4.78 is 42.5. The fourth-order valence-corrected chi connectivity index (χ4v) is 2.12. The van der Waals surface area contributed by atoms with E-state index in [0.29, 0.717) is 5.75 Å². The topological polar surface area (TPSA) is 88.7 Å². The van der Waals surface area contributed by atoms with Crippen LogP contribution in [0.2, 0.25) is 0 Å². The number of alkyl halides is 3. The summed E-state index contributed by atoms with van der Waals surface area (Å²) in [6, 6.07) is 11.1. The number of hydrogen-bond acceptors (Lipinski definition) is 3. The van der Waals surface area contributed by atoms with Gasteiger partial charge >= 0.3 is 6.18 Å². The van der Waals surface area contributed by atoms with Crippen LogP contribution in [-0.2, 0) is 6.18 Å². The predicted molar refractivity (Wildman–Crippen MR) is 96.9 cm³/mol. The van der Waals surface area contributed by atoms with E-state index in [1.807, 2.05) is 0 Å². The van der Waals surface area contributed by atoms with E-state index in [-0.39, 0.29) is 24.6 Å². The van der Waals surface area contributed by atoms with Gasteiger partial charge in [0, 0.05) is 17.8 Å². The van der Waals surface area contributed by atoms with E-state index < -0.39 is 17.6 Å². The summed E-state index contributed by atoms with van der Waals surface area (Å²) in [5, 5.41) is 5.45. The molecule has 2 aromatic rings. The molecular formula is C18H19F3N4O2. The standard InChI is InChI=1S/C18H19F3N4O2/c1-27-15-8-6-14(7-9-15)25-17(22)24-11-10-23-16(26)12-2-4-13(5-3-12)18(19,20)21/h2-9H,10-11H2,1H3,(H,23,26)(H3,22,24,25). The first-order valence-corrected chi connectivity index (χ1v) is 7.96. The van der Waals surface area contributed by atoms with Crippen LogP contribution in [-0.4, -0.2) is 32.1 Å². The van der Waals surface area contributed by atoms with Crippen LogP contribution in [0.3, 0.4) is 0 Å². The van der Waals surface area contributed by atoms with Gasteiger partial charge in [0.1, 0.15) is 5.75 Å². The third-order valence-electron chi connectivity index (χ3n) is 3.52. The number of ether oxygens (including phenoxy) is 1. The molecule has 2 rings (SSSR count). The molecule has 2 aromatic carbocycles. The molecule has 0 aromatic heterocycles. The number of amides is 1. The molecule has 0 unspecified atom stereocenters. The molecule has 9 heteroatoms. The molecular weight excluding hydrogens is 361 g/mol. The second kappa shape index (κ2) is 8.93. The van der Waals surface area contributed by atoms with Gasteiger partial charge in [-0.15, -0.1) is 0 Å². The van der Waals surface area contributed by atoms with E-state index in [1.54, 1.807) is 31.4 Å². The van der Waals surface area contributed by atoms with Crippen LogP contribution >= 0.6 is 0 Å². The summed E-state index contributed by atoms with van der Waals surface area (Å²) in [6.45, 7) is 0.395. The average Bonchev–Trinajstić information content (AvgIpc) is 2.65. The lowest BCUT2D eigenvalue weighted by atomic mass is 10.1. The maximum atomic E-state index is 12.5. The summed E-state index contributed by atoms with van der Waals surface area (Å²) in [7, 11) is 1.57. The number of nitrogens with two attached hydrogens (primary N) is 1. The normalized spacial score (nSPS) is 11.8. The first kappa shape index (κ1) is 20.1. The van der Waals surface area contributed by atoms with Crippen LogP contribution in [0.4, 0.5) is 18.9 Å². The van der Waals surface area contributed by atoms with Crippen LogP contribution in [0.15, 0.2) is 53.5 Å². The van der Waals surface area contributed by atoms with E-state index in [4.69, 9.17) is 10.5 Å². The third-order valence-corrected chi connectivity index (χ3v) is 3.52. The number of nitrogens with zero attached hydrogens (tertiary/aromatic N) is 1. The Hall–Kier alpha value is -3.23. The van der Waals surface area contributed by atoms with E-state index in [2.05, 4.69) is 15.6 Å². The van der Waals surface area contributed by atoms with Gasteiger partial charge < -0.3 is 21.1 Å². The largest absolute Gasteiger partial charge is 0.497 e. The summed E-state index contributed by atoms with van der Waals surface area (Å²) >= 11 is 0. The van der Waals surface area contributed by atoms with Gasteiger partial charge in [0.15, 0.2) is 5.96 Å². The SMILES string of the molecule is COc1ccc(NC(N)=NCCNC(=O)c2ccc(C(F)(F)F)cc2)cc1. The Morgan fingerprint density at radius 3 is 2.30 bits per heavy atom. The summed E-state index contributed by atoms with van der Waals surface area (Å²) in [4.78, 5) is 16.0. The van der Waals surface area contributed by atoms with Crippen molar-refractivity contribution in [1.29, 1.82) is 0 Å². The van der Waals surface area contributed by atoms with Crippen LogP contribution in [0.1, 0.15) is 15.9 Å². The zero-order chi connectivity index (χ0) is 19.9. The quantitative estimate of drug-likeness (QED) is 0.408. The number of aliphatic imine (C=N–C) groups is 1. The molecule has 27 heavy (non-hydrogen) atoms. The van der Waals surface area contributed by atoms with Gasteiger partial charge in [0.05, 0.1) is 19.2 Å². The van der Waals surface area contributed by atoms with E-state index in [0.717, 1.165) is 30.0 Å². The van der Waals surface area contributed by atoms with Gasteiger partial charge in [0.25, 0.3) is 5.91 Å². The molecule has 0 fully saturated rings. The lowest BCUT2D eigenvalue weighted by Crippen LogP contribution is -2.28. The van der Waals surface area contributed by atoms with Gasteiger partial charge in [-0.05, 0) is 48.5 Å². The minimum atomic E-state index is -4.43. The van der Waals surface area contributed by atoms with Gasteiger partial charge in [0.2, 0.25) is 0 Å². The zero-order valence-corrected chi connectivity index (χ0v) is 14.5. The van der Waals surface area contributed by atoms with Crippen LogP contribution in [0, 0.1) is 0 Å². The molecule has 0 aliphatic heterocycles. The Labute approximate surface area is 154 Å². The number of hydrogen-bond donors (Lipinski definition) is 3. The van der Waals surface area contributed by atoms with Crippen molar-refractivity contribution in [2.75, 3.05) is 25.5 Å². The minimum absolute atomic E-state index is 0.135. The predicted octanol–water partition coefficient (Wildman–Crippen LogP) is 2.87. The molecule has 0 atom stereocenters. The lowest BCUT2D eigenvalue weighted by Gasteiger charge is -2.08.